The van der Waals surface area contributed by atoms with Crippen molar-refractivity contribution in [2.45, 2.75) is 57.8 Å². The van der Waals surface area contributed by atoms with Gasteiger partial charge in [-0.1, -0.05) is 19.6 Å². The summed E-state index contributed by atoms with van der Waals surface area (Å²) >= 11 is 0. The van der Waals surface area contributed by atoms with Crippen molar-refractivity contribution in [3.63, 3.8) is 0 Å². The molecule has 2 amide bonds. The lowest BCUT2D eigenvalue weighted by molar-refractivity contribution is -0.124. The number of alkyl halides is 2. The number of anilines is 2. The van der Waals surface area contributed by atoms with Crippen LogP contribution < -0.4 is 10.6 Å². The van der Waals surface area contributed by atoms with Gasteiger partial charge in [0.05, 0.1) is 5.69 Å². The average Bonchev–Trinajstić information content (AvgIpc) is 2.73. The number of rotatable bonds is 10. The maximum atomic E-state index is 14.3. The summed E-state index contributed by atoms with van der Waals surface area (Å²) in [5, 5.41) is 4.98. The number of amides is 2. The molecule has 0 heterocycles. The van der Waals surface area contributed by atoms with Crippen molar-refractivity contribution >= 4 is 29.0 Å². The predicted octanol–water partition coefficient (Wildman–Crippen LogP) is 5.65. The number of hydrogen-bond donors (Lipinski definition) is 2. The Morgan fingerprint density at radius 2 is 1.91 bits per heavy atom. The molecule has 174 valence electrons. The summed E-state index contributed by atoms with van der Waals surface area (Å²) in [7, 11) is 0. The van der Waals surface area contributed by atoms with Gasteiger partial charge in [0.1, 0.15) is 5.82 Å². The summed E-state index contributed by atoms with van der Waals surface area (Å²) in [6.45, 7) is 5.40. The molecule has 0 spiro atoms. The number of carbonyl (C=O) groups is 3. The number of ketones is 1. The Bertz CT molecular complexity index is 873. The van der Waals surface area contributed by atoms with Crippen molar-refractivity contribution in [3.05, 3.63) is 48.8 Å². The second kappa shape index (κ2) is 11.6. The van der Waals surface area contributed by atoms with Crippen LogP contribution in [0.25, 0.3) is 0 Å². The Hall–Kier alpha value is -2.90. The smallest absolute Gasteiger partial charge is 0.248 e. The van der Waals surface area contributed by atoms with Gasteiger partial charge in [-0.3, -0.25) is 14.4 Å². The maximum Gasteiger partial charge on any atom is 0.248 e. The van der Waals surface area contributed by atoms with E-state index in [-0.39, 0.29) is 48.8 Å². The number of hydrogen-bond acceptors (Lipinski definition) is 3. The highest BCUT2D eigenvalue weighted by atomic mass is 19.3. The Morgan fingerprint density at radius 1 is 1.22 bits per heavy atom. The number of benzene rings is 1. The minimum Gasteiger partial charge on any atom is -0.323 e. The van der Waals surface area contributed by atoms with E-state index in [4.69, 9.17) is 0 Å². The first kappa shape index (κ1) is 25.4. The Kier molecular flexibility index (Phi) is 9.23. The van der Waals surface area contributed by atoms with Crippen LogP contribution in [0.5, 0.6) is 0 Å². The Balaban J connectivity index is 1.82. The van der Waals surface area contributed by atoms with Crippen LogP contribution in [0.4, 0.5) is 24.5 Å². The Morgan fingerprint density at radius 3 is 2.53 bits per heavy atom. The van der Waals surface area contributed by atoms with E-state index in [0.717, 1.165) is 6.07 Å². The van der Waals surface area contributed by atoms with Gasteiger partial charge in [-0.15, -0.1) is 0 Å². The molecule has 0 aromatic heterocycles. The fourth-order valence-electron chi connectivity index (χ4n) is 3.43. The van der Waals surface area contributed by atoms with E-state index in [1.165, 1.54) is 24.3 Å². The molecule has 1 aliphatic rings. The molecule has 1 aromatic carbocycles. The predicted molar refractivity (Wildman–Crippen MR) is 118 cm³/mol. The quantitative estimate of drug-likeness (QED) is 0.453. The molecule has 0 saturated heterocycles. The molecule has 1 unspecified atom stereocenters. The van der Waals surface area contributed by atoms with Gasteiger partial charge in [-0.05, 0) is 62.0 Å². The van der Waals surface area contributed by atoms with Gasteiger partial charge in [-0.2, -0.15) is 0 Å². The van der Waals surface area contributed by atoms with Gasteiger partial charge in [0.15, 0.2) is 5.78 Å². The first-order valence-corrected chi connectivity index (χ1v) is 10.7. The van der Waals surface area contributed by atoms with Crippen LogP contribution in [0.3, 0.4) is 0 Å². The van der Waals surface area contributed by atoms with E-state index in [1.54, 1.807) is 6.08 Å². The summed E-state index contributed by atoms with van der Waals surface area (Å²) in [5.74, 6) is -4.75. The molecule has 5 nitrogen and oxygen atoms in total. The lowest BCUT2D eigenvalue weighted by atomic mass is 9.86. The average molecular weight is 451 g/mol. The summed E-state index contributed by atoms with van der Waals surface area (Å²) in [6, 6.07) is 3.85. The maximum absolute atomic E-state index is 14.3. The van der Waals surface area contributed by atoms with Crippen molar-refractivity contribution in [1.29, 1.82) is 0 Å². The Labute approximate surface area is 186 Å². The van der Waals surface area contributed by atoms with Gasteiger partial charge in [0.2, 0.25) is 17.7 Å². The van der Waals surface area contributed by atoms with Gasteiger partial charge in [-0.25, -0.2) is 13.2 Å². The molecular formula is C24H29F3N2O3. The highest BCUT2D eigenvalue weighted by Crippen LogP contribution is 2.36. The van der Waals surface area contributed by atoms with Crippen LogP contribution >= 0.6 is 0 Å². The molecular weight excluding hydrogens is 421 g/mol. The molecule has 0 radical (unpaired) electrons. The van der Waals surface area contributed by atoms with Gasteiger partial charge >= 0.3 is 0 Å². The van der Waals surface area contributed by atoms with Gasteiger partial charge < -0.3 is 10.6 Å². The van der Waals surface area contributed by atoms with E-state index < -0.39 is 29.5 Å². The summed E-state index contributed by atoms with van der Waals surface area (Å²) in [5.41, 5.74) is 0.154. The fourth-order valence-corrected chi connectivity index (χ4v) is 3.43. The van der Waals surface area contributed by atoms with Crippen molar-refractivity contribution in [2.75, 3.05) is 10.6 Å². The largest absolute Gasteiger partial charge is 0.323 e. The molecule has 1 saturated carbocycles. The van der Waals surface area contributed by atoms with E-state index in [2.05, 4.69) is 17.2 Å². The van der Waals surface area contributed by atoms with Crippen LogP contribution in [-0.4, -0.2) is 23.5 Å². The third-order valence-electron chi connectivity index (χ3n) is 5.50. The lowest BCUT2D eigenvalue weighted by Gasteiger charge is -2.27. The summed E-state index contributed by atoms with van der Waals surface area (Å²) in [6.07, 6.45) is 5.48. The zero-order valence-electron chi connectivity index (χ0n) is 18.1. The van der Waals surface area contributed by atoms with Crippen molar-refractivity contribution in [1.82, 2.24) is 0 Å². The first-order valence-electron chi connectivity index (χ1n) is 10.7. The van der Waals surface area contributed by atoms with Gasteiger partial charge in [0.25, 0.3) is 0 Å². The van der Waals surface area contributed by atoms with Crippen molar-refractivity contribution < 1.29 is 27.6 Å². The topological polar surface area (TPSA) is 75.3 Å². The van der Waals surface area contributed by atoms with E-state index in [9.17, 15) is 27.6 Å². The molecule has 32 heavy (non-hydrogen) atoms. The normalized spacial score (nSPS) is 17.0. The molecule has 1 aliphatic carbocycles. The second-order valence-electron chi connectivity index (χ2n) is 8.26. The molecule has 1 atom stereocenters. The van der Waals surface area contributed by atoms with E-state index in [0.29, 0.717) is 19.3 Å². The van der Waals surface area contributed by atoms with E-state index >= 15 is 0 Å². The molecule has 1 fully saturated rings. The number of nitrogens with one attached hydrogen (secondary N) is 2. The van der Waals surface area contributed by atoms with Crippen LogP contribution in [0.1, 0.15) is 51.9 Å². The number of allylic oxidation sites excluding steroid dienone is 2. The lowest BCUT2D eigenvalue weighted by Crippen LogP contribution is -2.32. The van der Waals surface area contributed by atoms with Crippen LogP contribution in [0.2, 0.25) is 0 Å². The minimum absolute atomic E-state index is 0.0134. The molecule has 1 aromatic rings. The third-order valence-corrected chi connectivity index (χ3v) is 5.50. The SMILES string of the molecule is C=CC(=O)CCC(C)C/C=C\C(=O)Nc1ccc(NC(=O)C2CCC(F)(F)CC2)c(F)c1. The standard InChI is InChI=1S/C24H29F3N2O3/c1-3-19(30)9-7-16(2)5-4-6-22(31)28-18-8-10-21(20(25)15-18)29-23(32)17-11-13-24(26,27)14-12-17/h3-4,6,8,10,15-17H,1,5,7,9,11-14H2,2H3,(H,28,31)(H,29,32)/b6-4-. The molecule has 8 heteroatoms. The van der Waals surface area contributed by atoms with Crippen molar-refractivity contribution in [2.24, 2.45) is 11.8 Å². The summed E-state index contributed by atoms with van der Waals surface area (Å²) in [4.78, 5) is 35.5. The van der Waals surface area contributed by atoms with Crippen LogP contribution in [0, 0.1) is 17.7 Å². The van der Waals surface area contributed by atoms with Gasteiger partial charge in [0, 0.05) is 30.9 Å². The van der Waals surface area contributed by atoms with E-state index in [1.807, 2.05) is 6.92 Å². The fraction of sp³-hybridized carbons (Fsp3) is 0.458. The zero-order chi connectivity index (χ0) is 23.7. The minimum atomic E-state index is -2.74. The monoisotopic (exact) mass is 450 g/mol. The van der Waals surface area contributed by atoms with Crippen molar-refractivity contribution in [3.8, 4) is 0 Å². The highest BCUT2D eigenvalue weighted by Gasteiger charge is 2.37. The number of carbonyl (C=O) groups excluding carboxylic acids is 3. The third kappa shape index (κ3) is 8.32. The summed E-state index contributed by atoms with van der Waals surface area (Å²) < 4.78 is 40.8. The molecule has 0 bridgehead atoms. The van der Waals surface area contributed by atoms with Crippen LogP contribution in [0.15, 0.2) is 43.0 Å². The zero-order valence-corrected chi connectivity index (χ0v) is 18.1. The second-order valence-corrected chi connectivity index (χ2v) is 8.26. The van der Waals surface area contributed by atoms with Crippen LogP contribution in [-0.2, 0) is 14.4 Å². The highest BCUT2D eigenvalue weighted by molar-refractivity contribution is 5.99. The molecule has 0 aliphatic heterocycles. The molecule has 2 rings (SSSR count). The first-order chi connectivity index (χ1) is 15.1. The molecule has 2 N–H and O–H groups in total. The number of halogens is 3.